The Labute approximate surface area is 222 Å². The molecule has 0 spiro atoms. The summed E-state index contributed by atoms with van der Waals surface area (Å²) in [5.41, 5.74) is 1.98. The lowest BCUT2D eigenvalue weighted by molar-refractivity contribution is 0.0521. The lowest BCUT2D eigenvalue weighted by Gasteiger charge is -2.46. The fourth-order valence-electron chi connectivity index (χ4n) is 5.43. The van der Waals surface area contributed by atoms with Crippen LogP contribution in [0.5, 0.6) is 0 Å². The smallest absolute Gasteiger partial charge is 0.270 e. The molecule has 2 aliphatic rings. The highest BCUT2D eigenvalue weighted by molar-refractivity contribution is 6.33. The van der Waals surface area contributed by atoms with Gasteiger partial charge < -0.3 is 20.1 Å². The number of halogens is 2. The minimum atomic E-state index is -0.201. The molecule has 2 N–H and O–H groups in total. The molecule has 1 atom stereocenters. The van der Waals surface area contributed by atoms with Gasteiger partial charge in [0.15, 0.2) is 0 Å². The van der Waals surface area contributed by atoms with Gasteiger partial charge in [-0.3, -0.25) is 14.5 Å². The Morgan fingerprint density at radius 1 is 1.11 bits per heavy atom. The molecule has 8 nitrogen and oxygen atoms in total. The van der Waals surface area contributed by atoms with Crippen molar-refractivity contribution in [3.63, 3.8) is 0 Å². The first-order chi connectivity index (χ1) is 17.3. The molecule has 2 amide bonds. The van der Waals surface area contributed by atoms with Crippen LogP contribution in [-0.2, 0) is 0 Å². The lowest BCUT2D eigenvalue weighted by Crippen LogP contribution is -2.58. The first-order valence-corrected chi connectivity index (χ1v) is 13.1. The van der Waals surface area contributed by atoms with Gasteiger partial charge in [0.2, 0.25) is 0 Å². The van der Waals surface area contributed by atoms with Crippen molar-refractivity contribution in [2.45, 2.75) is 31.8 Å². The Morgan fingerprint density at radius 2 is 1.89 bits per heavy atom. The number of rotatable bonds is 4. The standard InChI is InChI=1S/C26H30Cl2N6O2.H2/c1-16-15-33(24-21(28)12-18(14-30-24)25(35)29-2)9-10-34(16)20-5-7-32(8-6-20)26(36)23-13-17-11-19(27)3-4-22(17)31-23;/h3-4,11-14,16,20,31H,5-10,15H2,1-2H3,(H,29,35);1H/t16-;/m0./s1. The van der Waals surface area contributed by atoms with Crippen molar-refractivity contribution in [2.24, 2.45) is 0 Å². The van der Waals surface area contributed by atoms with E-state index in [2.05, 4.69) is 32.0 Å². The predicted octanol–water partition coefficient (Wildman–Crippen LogP) is 4.29. The van der Waals surface area contributed by atoms with Crippen molar-refractivity contribution >= 4 is 51.7 Å². The fraction of sp³-hybridized carbons (Fsp3) is 0.423. The summed E-state index contributed by atoms with van der Waals surface area (Å²) in [4.78, 5) is 39.4. The summed E-state index contributed by atoms with van der Waals surface area (Å²) in [6.07, 6.45) is 3.47. The maximum absolute atomic E-state index is 13.1. The molecule has 36 heavy (non-hydrogen) atoms. The number of aromatic amines is 1. The highest BCUT2D eigenvalue weighted by Gasteiger charge is 2.34. The van der Waals surface area contributed by atoms with E-state index in [0.717, 1.165) is 62.3 Å². The number of piperazine rings is 1. The molecular weight excluding hydrogens is 499 g/mol. The highest BCUT2D eigenvalue weighted by atomic mass is 35.5. The number of aromatic nitrogens is 2. The number of hydrogen-bond acceptors (Lipinski definition) is 5. The predicted molar refractivity (Wildman–Crippen MR) is 145 cm³/mol. The van der Waals surface area contributed by atoms with Gasteiger partial charge >= 0.3 is 0 Å². The van der Waals surface area contributed by atoms with E-state index in [9.17, 15) is 9.59 Å². The third kappa shape index (κ3) is 4.90. The molecule has 4 heterocycles. The first-order valence-electron chi connectivity index (χ1n) is 12.3. The van der Waals surface area contributed by atoms with Crippen molar-refractivity contribution in [3.8, 4) is 0 Å². The Kier molecular flexibility index (Phi) is 7.10. The topological polar surface area (TPSA) is 84.6 Å². The monoisotopic (exact) mass is 530 g/mol. The van der Waals surface area contributed by atoms with Crippen LogP contribution in [0.3, 0.4) is 0 Å². The Bertz CT molecular complexity index is 1290. The molecule has 2 fully saturated rings. The van der Waals surface area contributed by atoms with Gasteiger partial charge in [0, 0.05) is 75.4 Å². The molecule has 2 aliphatic heterocycles. The number of nitrogens with one attached hydrogen (secondary N) is 2. The number of carbonyl (C=O) groups is 2. The van der Waals surface area contributed by atoms with Crippen LogP contribution in [0.4, 0.5) is 5.82 Å². The van der Waals surface area contributed by atoms with Crippen LogP contribution in [0.2, 0.25) is 10.0 Å². The maximum Gasteiger partial charge on any atom is 0.270 e. The van der Waals surface area contributed by atoms with Crippen LogP contribution in [-0.4, -0.2) is 83.4 Å². The van der Waals surface area contributed by atoms with E-state index in [4.69, 9.17) is 23.2 Å². The molecule has 5 rings (SSSR count). The minimum absolute atomic E-state index is 0. The van der Waals surface area contributed by atoms with Gasteiger partial charge in [0.1, 0.15) is 11.5 Å². The van der Waals surface area contributed by atoms with Crippen molar-refractivity contribution < 1.29 is 11.0 Å². The molecule has 0 aliphatic carbocycles. The minimum Gasteiger partial charge on any atom is -0.355 e. The zero-order chi connectivity index (χ0) is 25.4. The number of H-pyrrole nitrogens is 1. The van der Waals surface area contributed by atoms with Crippen molar-refractivity contribution in [1.29, 1.82) is 0 Å². The molecule has 10 heteroatoms. The molecular formula is C26H32Cl2N6O2. The molecule has 0 saturated carbocycles. The van der Waals surface area contributed by atoms with Crippen LogP contribution in [0, 0.1) is 0 Å². The second-order valence-corrected chi connectivity index (χ2v) is 10.4. The number of benzene rings is 1. The Balaban J connectivity index is 0.00000320. The van der Waals surface area contributed by atoms with E-state index in [0.29, 0.717) is 33.4 Å². The molecule has 2 aromatic heterocycles. The average molecular weight is 531 g/mol. The number of carbonyl (C=O) groups excluding carboxylic acids is 2. The number of amides is 2. The van der Waals surface area contributed by atoms with Crippen molar-refractivity contribution in [1.82, 2.24) is 25.1 Å². The second-order valence-electron chi connectivity index (χ2n) is 9.58. The number of hydrogen-bond donors (Lipinski definition) is 2. The average Bonchev–Trinajstić information content (AvgIpc) is 3.31. The van der Waals surface area contributed by atoms with E-state index < -0.39 is 0 Å². The summed E-state index contributed by atoms with van der Waals surface area (Å²) in [6.45, 7) is 6.22. The maximum atomic E-state index is 13.1. The Morgan fingerprint density at radius 3 is 2.58 bits per heavy atom. The SMILES string of the molecule is CNC(=O)c1cnc(N2CCN(C3CCN(C(=O)c4cc5cc(Cl)ccc5[nH]4)CC3)[C@@H](C)C2)c(Cl)c1.[HH]. The van der Waals surface area contributed by atoms with Crippen LogP contribution >= 0.6 is 23.2 Å². The number of likely N-dealkylation sites (tertiary alicyclic amines) is 1. The van der Waals surface area contributed by atoms with Crippen LogP contribution in [0.1, 0.15) is 42.0 Å². The van der Waals surface area contributed by atoms with Gasteiger partial charge in [-0.25, -0.2) is 4.98 Å². The summed E-state index contributed by atoms with van der Waals surface area (Å²) in [5.74, 6) is 0.559. The third-order valence-corrected chi connectivity index (χ3v) is 7.84. The van der Waals surface area contributed by atoms with Gasteiger partial charge in [-0.2, -0.15) is 0 Å². The van der Waals surface area contributed by atoms with Gasteiger partial charge in [0.25, 0.3) is 11.8 Å². The van der Waals surface area contributed by atoms with Gasteiger partial charge in [-0.15, -0.1) is 0 Å². The third-order valence-electron chi connectivity index (χ3n) is 7.32. The van der Waals surface area contributed by atoms with E-state index >= 15 is 0 Å². The zero-order valence-electron chi connectivity index (χ0n) is 20.4. The van der Waals surface area contributed by atoms with E-state index in [-0.39, 0.29) is 13.2 Å². The number of piperidine rings is 1. The van der Waals surface area contributed by atoms with Gasteiger partial charge in [-0.05, 0) is 50.1 Å². The quantitative estimate of drug-likeness (QED) is 0.525. The van der Waals surface area contributed by atoms with Crippen LogP contribution in [0.15, 0.2) is 36.5 Å². The highest BCUT2D eigenvalue weighted by Crippen LogP contribution is 2.29. The molecule has 0 radical (unpaired) electrons. The fourth-order valence-corrected chi connectivity index (χ4v) is 5.89. The first kappa shape index (κ1) is 24.9. The second kappa shape index (κ2) is 10.3. The zero-order valence-corrected chi connectivity index (χ0v) is 21.9. The van der Waals surface area contributed by atoms with Crippen LogP contribution in [0.25, 0.3) is 10.9 Å². The van der Waals surface area contributed by atoms with E-state index in [1.807, 2.05) is 29.2 Å². The summed E-state index contributed by atoms with van der Waals surface area (Å²) in [6, 6.07) is 9.92. The van der Waals surface area contributed by atoms with E-state index in [1.54, 1.807) is 19.3 Å². The molecule has 0 bridgehead atoms. The molecule has 3 aromatic rings. The van der Waals surface area contributed by atoms with Gasteiger partial charge in [-0.1, -0.05) is 23.2 Å². The number of nitrogens with zero attached hydrogens (tertiary/aromatic N) is 4. The molecule has 2 saturated heterocycles. The summed E-state index contributed by atoms with van der Waals surface area (Å²) < 4.78 is 0. The van der Waals surface area contributed by atoms with E-state index in [1.165, 1.54) is 0 Å². The summed E-state index contributed by atoms with van der Waals surface area (Å²) in [7, 11) is 1.59. The number of anilines is 1. The Hall–Kier alpha value is -2.81. The normalized spacial score (nSPS) is 19.6. The van der Waals surface area contributed by atoms with Crippen LogP contribution < -0.4 is 10.2 Å². The molecule has 1 aromatic carbocycles. The number of fused-ring (bicyclic) bond motifs is 1. The summed E-state index contributed by atoms with van der Waals surface area (Å²) >= 11 is 12.6. The lowest BCUT2D eigenvalue weighted by atomic mass is 9.99. The van der Waals surface area contributed by atoms with Crippen molar-refractivity contribution in [3.05, 3.63) is 57.8 Å². The number of pyridine rings is 1. The molecule has 0 unspecified atom stereocenters. The summed E-state index contributed by atoms with van der Waals surface area (Å²) in [5, 5.41) is 4.69. The largest absolute Gasteiger partial charge is 0.355 e. The van der Waals surface area contributed by atoms with Gasteiger partial charge in [0.05, 0.1) is 10.6 Å². The molecule has 192 valence electrons. The van der Waals surface area contributed by atoms with Crippen molar-refractivity contribution in [2.75, 3.05) is 44.7 Å².